The molecule has 0 heterocycles. The van der Waals surface area contributed by atoms with Crippen LogP contribution in [0.3, 0.4) is 0 Å². The van der Waals surface area contributed by atoms with Crippen molar-refractivity contribution in [2.75, 3.05) is 19.4 Å². The quantitative estimate of drug-likeness (QED) is 0.657. The van der Waals surface area contributed by atoms with E-state index in [0.29, 0.717) is 13.0 Å². The zero-order chi connectivity index (χ0) is 19.2. The first-order valence-corrected chi connectivity index (χ1v) is 11.5. The van der Waals surface area contributed by atoms with Crippen LogP contribution in [0.2, 0.25) is 0 Å². The minimum Gasteiger partial charge on any atom is -0.374 e. The Hall–Kier alpha value is -1.74. The fourth-order valence-corrected chi connectivity index (χ4v) is 4.18. The van der Waals surface area contributed by atoms with Gasteiger partial charge in [-0.05, 0) is 37.1 Å². The summed E-state index contributed by atoms with van der Waals surface area (Å²) in [6, 6.07) is 15.1. The van der Waals surface area contributed by atoms with Gasteiger partial charge in [0.05, 0.1) is 15.9 Å². The highest BCUT2D eigenvalue weighted by atomic mass is 32.2. The molecule has 0 amide bonds. The first-order valence-electron chi connectivity index (χ1n) is 8.16. The Kier molecular flexibility index (Phi) is 6.94. The largest absolute Gasteiger partial charge is 0.374 e. The second kappa shape index (κ2) is 8.77. The van der Waals surface area contributed by atoms with E-state index in [1.807, 2.05) is 37.3 Å². The Morgan fingerprint density at radius 3 is 2.27 bits per heavy atom. The molecule has 0 saturated carbocycles. The number of sulfone groups is 1. The van der Waals surface area contributed by atoms with Gasteiger partial charge in [-0.15, -0.1) is 0 Å². The van der Waals surface area contributed by atoms with Crippen molar-refractivity contribution in [2.24, 2.45) is 0 Å². The smallest absolute Gasteiger partial charge is 0.240 e. The fraction of sp³-hybridized carbons (Fsp3) is 0.333. The van der Waals surface area contributed by atoms with Gasteiger partial charge < -0.3 is 4.74 Å². The van der Waals surface area contributed by atoms with Crippen LogP contribution in [0, 0.1) is 0 Å². The van der Waals surface area contributed by atoms with E-state index in [9.17, 15) is 16.8 Å². The summed E-state index contributed by atoms with van der Waals surface area (Å²) in [5, 5.41) is 0. The molecule has 26 heavy (non-hydrogen) atoms. The molecule has 6 nitrogen and oxygen atoms in total. The predicted molar refractivity (Wildman–Crippen MR) is 100 cm³/mol. The monoisotopic (exact) mass is 397 g/mol. The van der Waals surface area contributed by atoms with Crippen LogP contribution in [0.4, 0.5) is 0 Å². The van der Waals surface area contributed by atoms with Crippen molar-refractivity contribution in [3.8, 4) is 0 Å². The minimum absolute atomic E-state index is 0.0274. The van der Waals surface area contributed by atoms with Gasteiger partial charge in [0.15, 0.2) is 9.84 Å². The van der Waals surface area contributed by atoms with Crippen LogP contribution in [0.5, 0.6) is 0 Å². The second-order valence-corrected chi connectivity index (χ2v) is 9.70. The van der Waals surface area contributed by atoms with E-state index in [0.717, 1.165) is 17.9 Å². The molecule has 0 fully saturated rings. The van der Waals surface area contributed by atoms with E-state index in [1.54, 1.807) is 0 Å². The molecule has 8 heteroatoms. The van der Waals surface area contributed by atoms with Crippen LogP contribution in [0.1, 0.15) is 25.0 Å². The molecule has 1 atom stereocenters. The average molecular weight is 398 g/mol. The topological polar surface area (TPSA) is 89.5 Å². The van der Waals surface area contributed by atoms with E-state index in [1.165, 1.54) is 18.2 Å². The summed E-state index contributed by atoms with van der Waals surface area (Å²) in [4.78, 5) is -0.0978. The molecule has 0 bridgehead atoms. The average Bonchev–Trinajstić information content (AvgIpc) is 2.61. The van der Waals surface area contributed by atoms with Crippen LogP contribution in [0.15, 0.2) is 64.4 Å². The highest BCUT2D eigenvalue weighted by Gasteiger charge is 2.16. The molecule has 0 radical (unpaired) electrons. The van der Waals surface area contributed by atoms with Crippen molar-refractivity contribution in [2.45, 2.75) is 29.2 Å². The maximum Gasteiger partial charge on any atom is 0.240 e. The molecular weight excluding hydrogens is 374 g/mol. The first-order chi connectivity index (χ1) is 12.2. The van der Waals surface area contributed by atoms with Crippen molar-refractivity contribution < 1.29 is 21.6 Å². The molecule has 1 N–H and O–H groups in total. The maximum atomic E-state index is 12.3. The highest BCUT2D eigenvalue weighted by Crippen LogP contribution is 2.17. The molecule has 0 aliphatic carbocycles. The van der Waals surface area contributed by atoms with Gasteiger partial charge in [-0.1, -0.05) is 36.4 Å². The van der Waals surface area contributed by atoms with Gasteiger partial charge in [-0.25, -0.2) is 21.6 Å². The number of benzene rings is 2. The fourth-order valence-electron chi connectivity index (χ4n) is 2.31. The third kappa shape index (κ3) is 5.91. The third-order valence-electron chi connectivity index (χ3n) is 3.79. The Bertz CT molecular complexity index is 925. The van der Waals surface area contributed by atoms with Crippen LogP contribution in [-0.2, 0) is 24.6 Å². The summed E-state index contributed by atoms with van der Waals surface area (Å²) in [5.74, 6) is 0. The van der Waals surface area contributed by atoms with Crippen LogP contribution in [0.25, 0.3) is 0 Å². The third-order valence-corrected chi connectivity index (χ3v) is 6.36. The van der Waals surface area contributed by atoms with E-state index >= 15 is 0 Å². The van der Waals surface area contributed by atoms with Gasteiger partial charge in [-0.3, -0.25) is 0 Å². The van der Waals surface area contributed by atoms with E-state index in [4.69, 9.17) is 4.74 Å². The number of hydrogen-bond donors (Lipinski definition) is 1. The summed E-state index contributed by atoms with van der Waals surface area (Å²) >= 11 is 0. The number of hydrogen-bond acceptors (Lipinski definition) is 5. The van der Waals surface area contributed by atoms with Gasteiger partial charge in [0.25, 0.3) is 0 Å². The lowest BCUT2D eigenvalue weighted by Crippen LogP contribution is -2.25. The minimum atomic E-state index is -3.77. The van der Waals surface area contributed by atoms with Crippen molar-refractivity contribution in [1.29, 1.82) is 0 Å². The first kappa shape index (κ1) is 20.6. The molecule has 2 rings (SSSR count). The van der Waals surface area contributed by atoms with Crippen molar-refractivity contribution in [3.63, 3.8) is 0 Å². The van der Waals surface area contributed by atoms with E-state index < -0.39 is 19.9 Å². The Balaban J connectivity index is 1.85. The second-order valence-electron chi connectivity index (χ2n) is 5.92. The Morgan fingerprint density at radius 1 is 0.962 bits per heavy atom. The van der Waals surface area contributed by atoms with Crippen LogP contribution in [-0.4, -0.2) is 36.2 Å². The lowest BCUT2D eigenvalue weighted by Gasteiger charge is -2.13. The summed E-state index contributed by atoms with van der Waals surface area (Å²) in [6.45, 7) is 2.55. The van der Waals surface area contributed by atoms with Crippen molar-refractivity contribution in [3.05, 3.63) is 60.2 Å². The molecule has 2 aromatic carbocycles. The number of ether oxygens (including phenoxy) is 1. The van der Waals surface area contributed by atoms with Gasteiger partial charge in [0.1, 0.15) is 0 Å². The Labute approximate surface area is 155 Å². The zero-order valence-electron chi connectivity index (χ0n) is 14.8. The molecular formula is C18H23NO5S2. The molecule has 0 aliphatic rings. The molecule has 1 unspecified atom stereocenters. The molecule has 0 spiro atoms. The van der Waals surface area contributed by atoms with Gasteiger partial charge in [-0.2, -0.15) is 0 Å². The number of sulfonamides is 1. The predicted octanol–water partition coefficient (Wildman–Crippen LogP) is 2.54. The van der Waals surface area contributed by atoms with Gasteiger partial charge in [0, 0.05) is 19.4 Å². The SMILES string of the molecule is CC(OCCCNS(=O)(=O)c1cccc(S(C)(=O)=O)c1)c1ccccc1. The summed E-state index contributed by atoms with van der Waals surface area (Å²) in [6.07, 6.45) is 1.47. The number of rotatable bonds is 9. The summed E-state index contributed by atoms with van der Waals surface area (Å²) < 4.78 is 55.8. The summed E-state index contributed by atoms with van der Waals surface area (Å²) in [7, 11) is -7.23. The zero-order valence-corrected chi connectivity index (χ0v) is 16.4. The lowest BCUT2D eigenvalue weighted by atomic mass is 10.1. The van der Waals surface area contributed by atoms with E-state index in [-0.39, 0.29) is 22.4 Å². The standard InChI is InChI=1S/C18H23NO5S2/c1-15(16-8-4-3-5-9-16)24-13-7-12-19-26(22,23)18-11-6-10-17(14-18)25(2,20)21/h3-6,8-11,14-15,19H,7,12-13H2,1-2H3. The summed E-state index contributed by atoms with van der Waals surface area (Å²) in [5.41, 5.74) is 1.06. The normalized spacial score (nSPS) is 13.5. The van der Waals surface area contributed by atoms with Crippen molar-refractivity contribution in [1.82, 2.24) is 4.72 Å². The molecule has 2 aromatic rings. The Morgan fingerprint density at radius 2 is 1.62 bits per heavy atom. The molecule has 0 aromatic heterocycles. The highest BCUT2D eigenvalue weighted by molar-refractivity contribution is 7.91. The van der Waals surface area contributed by atoms with E-state index in [2.05, 4.69) is 4.72 Å². The van der Waals surface area contributed by atoms with Crippen LogP contribution >= 0.6 is 0 Å². The van der Waals surface area contributed by atoms with Gasteiger partial charge >= 0.3 is 0 Å². The number of nitrogens with one attached hydrogen (secondary N) is 1. The van der Waals surface area contributed by atoms with Gasteiger partial charge in [0.2, 0.25) is 10.0 Å². The lowest BCUT2D eigenvalue weighted by molar-refractivity contribution is 0.0647. The maximum absolute atomic E-state index is 12.3. The van der Waals surface area contributed by atoms with Crippen LogP contribution < -0.4 is 4.72 Å². The molecule has 0 aliphatic heterocycles. The molecule has 142 valence electrons. The van der Waals surface area contributed by atoms with Crippen molar-refractivity contribution >= 4 is 19.9 Å². The molecule has 0 saturated heterocycles.